The van der Waals surface area contributed by atoms with Crippen molar-refractivity contribution in [2.45, 2.75) is 161 Å². The predicted molar refractivity (Wildman–Crippen MR) is 147 cm³/mol. The third-order valence-corrected chi connectivity index (χ3v) is 7.85. The van der Waals surface area contributed by atoms with E-state index in [0.717, 1.165) is 51.4 Å². The van der Waals surface area contributed by atoms with Crippen LogP contribution >= 0.6 is 0 Å². The Labute approximate surface area is 213 Å². The minimum atomic E-state index is -3.35. The quantitative estimate of drug-likeness (QED) is 0.0840. The first kappa shape index (κ1) is 36.0. The van der Waals surface area contributed by atoms with Crippen molar-refractivity contribution in [2.24, 2.45) is 0 Å². The molecular weight excluding hydrogens is 449 g/mol. The van der Waals surface area contributed by atoms with E-state index in [-0.39, 0.29) is 18.6 Å². The lowest BCUT2D eigenvalue weighted by Crippen LogP contribution is -2.11. The molecule has 0 spiro atoms. The van der Waals surface area contributed by atoms with Gasteiger partial charge >= 0.3 is 0 Å². The van der Waals surface area contributed by atoms with Crippen LogP contribution in [-0.4, -0.2) is 27.5 Å². The molecule has 0 heterocycles. The second-order valence-electron chi connectivity index (χ2n) is 9.90. The second kappa shape index (κ2) is 29.0. The molecule has 0 rings (SSSR count). The van der Waals surface area contributed by atoms with Gasteiger partial charge in [0.05, 0.1) is 19.0 Å². The average Bonchev–Trinajstić information content (AvgIpc) is 2.80. The zero-order chi connectivity index (χ0) is 24.3. The highest BCUT2D eigenvalue weighted by atomic mass is 32.2. The Morgan fingerprint density at radius 3 is 1.21 bits per heavy atom. The van der Waals surface area contributed by atoms with Crippen LogP contribution in [0.5, 0.6) is 0 Å². The minimum Gasteiger partial charge on any atom is -0.344 e. The van der Waals surface area contributed by atoms with E-state index < -0.39 is 10.1 Å². The van der Waals surface area contributed by atoms with Crippen molar-refractivity contribution in [1.82, 2.24) is 6.15 Å². The smallest absolute Gasteiger partial charge is 0.267 e. The highest BCUT2D eigenvalue weighted by Crippen LogP contribution is 2.14. The maximum Gasteiger partial charge on any atom is 0.267 e. The molecule has 0 radical (unpaired) electrons. The molecule has 0 saturated heterocycles. The molecular formula is C28H60FNO3S. The maximum atomic E-state index is 12.0. The summed E-state index contributed by atoms with van der Waals surface area (Å²) in [5.41, 5.74) is 0. The standard InChI is InChI=1S/C28H57FO3S.H3N/c1-2-3-4-5-6-7-8-9-10-11-12-13-15-18-21-24-27-32-33(30,31)28-25-22-19-16-14-17-20-23-26-29;/h2-28H2,1H3;1H3. The van der Waals surface area contributed by atoms with Crippen molar-refractivity contribution in [1.29, 1.82) is 0 Å². The number of rotatable bonds is 28. The van der Waals surface area contributed by atoms with Gasteiger partial charge in [-0.1, -0.05) is 142 Å². The molecule has 0 aliphatic rings. The summed E-state index contributed by atoms with van der Waals surface area (Å²) in [6.07, 6.45) is 28.7. The van der Waals surface area contributed by atoms with E-state index in [9.17, 15) is 12.8 Å². The molecule has 0 aliphatic heterocycles. The van der Waals surface area contributed by atoms with E-state index in [1.165, 1.54) is 89.9 Å². The van der Waals surface area contributed by atoms with Crippen molar-refractivity contribution in [3.63, 3.8) is 0 Å². The van der Waals surface area contributed by atoms with Crippen LogP contribution in [0.15, 0.2) is 0 Å². The summed E-state index contributed by atoms with van der Waals surface area (Å²) in [6.45, 7) is 2.40. The minimum absolute atomic E-state index is 0. The van der Waals surface area contributed by atoms with Gasteiger partial charge < -0.3 is 6.15 Å². The highest BCUT2D eigenvalue weighted by molar-refractivity contribution is 7.86. The zero-order valence-corrected chi connectivity index (χ0v) is 23.6. The number of hydrogen-bond donors (Lipinski definition) is 1. The van der Waals surface area contributed by atoms with Crippen molar-refractivity contribution < 1.29 is 17.0 Å². The Hall–Kier alpha value is -0.200. The number of halogens is 1. The zero-order valence-electron chi connectivity index (χ0n) is 22.8. The molecule has 3 N–H and O–H groups in total. The van der Waals surface area contributed by atoms with Gasteiger partial charge in [-0.3, -0.25) is 8.57 Å². The Bertz CT molecular complexity index is 474. The van der Waals surface area contributed by atoms with Gasteiger partial charge in [0.25, 0.3) is 10.1 Å². The number of alkyl halides is 1. The summed E-state index contributed by atoms with van der Waals surface area (Å²) in [5, 5.41) is 0. The van der Waals surface area contributed by atoms with Crippen LogP contribution in [0.1, 0.15) is 161 Å². The molecule has 208 valence electrons. The van der Waals surface area contributed by atoms with Crippen LogP contribution in [0.25, 0.3) is 0 Å². The average molecular weight is 510 g/mol. The van der Waals surface area contributed by atoms with Gasteiger partial charge in [0.1, 0.15) is 0 Å². The summed E-state index contributed by atoms with van der Waals surface area (Å²) in [5.74, 6) is 0.147. The summed E-state index contributed by atoms with van der Waals surface area (Å²) in [7, 11) is -3.35. The first-order chi connectivity index (χ1) is 16.1. The summed E-state index contributed by atoms with van der Waals surface area (Å²) in [4.78, 5) is 0. The molecule has 0 unspecified atom stereocenters. The molecule has 0 aromatic carbocycles. The molecule has 0 aromatic heterocycles. The number of unbranched alkanes of at least 4 members (excludes halogenated alkanes) is 22. The fraction of sp³-hybridized carbons (Fsp3) is 1.00. The van der Waals surface area contributed by atoms with Gasteiger partial charge in [-0.05, 0) is 19.3 Å². The first-order valence-electron chi connectivity index (χ1n) is 14.6. The molecule has 0 aliphatic carbocycles. The topological polar surface area (TPSA) is 78.4 Å². The Morgan fingerprint density at radius 1 is 0.500 bits per heavy atom. The fourth-order valence-corrected chi connectivity index (χ4v) is 5.38. The lowest BCUT2D eigenvalue weighted by molar-refractivity contribution is 0.305. The molecule has 0 fully saturated rings. The maximum absolute atomic E-state index is 12.0. The molecule has 0 atom stereocenters. The van der Waals surface area contributed by atoms with Gasteiger partial charge in [0.2, 0.25) is 0 Å². The van der Waals surface area contributed by atoms with Crippen LogP contribution in [0, 0.1) is 0 Å². The van der Waals surface area contributed by atoms with E-state index in [1.54, 1.807) is 0 Å². The monoisotopic (exact) mass is 509 g/mol. The van der Waals surface area contributed by atoms with Crippen molar-refractivity contribution in [3.8, 4) is 0 Å². The number of hydrogen-bond acceptors (Lipinski definition) is 4. The van der Waals surface area contributed by atoms with E-state index in [1.807, 2.05) is 0 Å². The largest absolute Gasteiger partial charge is 0.344 e. The van der Waals surface area contributed by atoms with Gasteiger partial charge in [-0.15, -0.1) is 0 Å². The van der Waals surface area contributed by atoms with Crippen LogP contribution in [-0.2, 0) is 14.3 Å². The van der Waals surface area contributed by atoms with E-state index in [4.69, 9.17) is 4.18 Å². The third-order valence-electron chi connectivity index (χ3n) is 6.54. The lowest BCUT2D eigenvalue weighted by atomic mass is 10.0. The van der Waals surface area contributed by atoms with Crippen molar-refractivity contribution in [3.05, 3.63) is 0 Å². The van der Waals surface area contributed by atoms with Gasteiger partial charge in [-0.2, -0.15) is 8.42 Å². The fourth-order valence-electron chi connectivity index (χ4n) is 4.33. The normalized spacial score (nSPS) is 11.6. The van der Waals surface area contributed by atoms with Gasteiger partial charge in [-0.25, -0.2) is 0 Å². The lowest BCUT2D eigenvalue weighted by Gasteiger charge is -2.06. The molecule has 0 bridgehead atoms. The summed E-state index contributed by atoms with van der Waals surface area (Å²) >= 11 is 0. The van der Waals surface area contributed by atoms with Crippen LogP contribution in [0.2, 0.25) is 0 Å². The Balaban J connectivity index is 0. The Kier molecular flexibility index (Phi) is 30.7. The summed E-state index contributed by atoms with van der Waals surface area (Å²) < 4.78 is 41.0. The molecule has 0 amide bonds. The van der Waals surface area contributed by atoms with E-state index in [0.29, 0.717) is 19.4 Å². The van der Waals surface area contributed by atoms with Gasteiger partial charge in [0, 0.05) is 0 Å². The highest BCUT2D eigenvalue weighted by Gasteiger charge is 2.10. The van der Waals surface area contributed by atoms with Crippen LogP contribution in [0.3, 0.4) is 0 Å². The predicted octanol–water partition coefficient (Wildman–Crippen LogP) is 9.85. The van der Waals surface area contributed by atoms with Gasteiger partial charge in [0.15, 0.2) is 0 Å². The SMILES string of the molecule is CCCCCCCCCCCCCCCCCCOS(=O)(=O)CCCCCCCCCCF.N. The first-order valence-corrected chi connectivity index (χ1v) is 16.1. The molecule has 34 heavy (non-hydrogen) atoms. The third kappa shape index (κ3) is 29.8. The van der Waals surface area contributed by atoms with Crippen molar-refractivity contribution in [2.75, 3.05) is 19.0 Å². The summed E-state index contributed by atoms with van der Waals surface area (Å²) in [6, 6.07) is 0. The molecule has 6 heteroatoms. The van der Waals surface area contributed by atoms with Crippen LogP contribution in [0.4, 0.5) is 4.39 Å². The van der Waals surface area contributed by atoms with E-state index in [2.05, 4.69) is 6.92 Å². The van der Waals surface area contributed by atoms with Crippen LogP contribution < -0.4 is 6.15 Å². The Morgan fingerprint density at radius 2 is 0.824 bits per heavy atom. The second-order valence-corrected chi connectivity index (χ2v) is 11.7. The van der Waals surface area contributed by atoms with E-state index >= 15 is 0 Å². The molecule has 0 saturated carbocycles. The van der Waals surface area contributed by atoms with Crippen molar-refractivity contribution >= 4 is 10.1 Å². The molecule has 0 aromatic rings. The molecule has 4 nitrogen and oxygen atoms in total.